The van der Waals surface area contributed by atoms with E-state index in [2.05, 4.69) is 31.2 Å². The van der Waals surface area contributed by atoms with Crippen LogP contribution in [-0.2, 0) is 5.41 Å². The van der Waals surface area contributed by atoms with Crippen LogP contribution in [0, 0.1) is 6.92 Å². The first-order chi connectivity index (χ1) is 11.8. The van der Waals surface area contributed by atoms with Gasteiger partial charge in [0.2, 0.25) is 5.88 Å². The third kappa shape index (κ3) is 3.97. The van der Waals surface area contributed by atoms with E-state index in [-0.39, 0.29) is 11.3 Å². The number of nitrogens with zero attached hydrogens (tertiary/aromatic N) is 1. The van der Waals surface area contributed by atoms with Gasteiger partial charge in [-0.2, -0.15) is 0 Å². The predicted octanol–water partition coefficient (Wildman–Crippen LogP) is 5.20. The number of rotatable bonds is 3. The number of anilines is 1. The Morgan fingerprint density at radius 2 is 1.64 bits per heavy atom. The highest BCUT2D eigenvalue weighted by Crippen LogP contribution is 2.24. The minimum absolute atomic E-state index is 0.0584. The molecule has 128 valence electrons. The van der Waals surface area contributed by atoms with Gasteiger partial charge in [-0.3, -0.25) is 10.1 Å². The highest BCUT2D eigenvalue weighted by atomic mass is 16.5. The summed E-state index contributed by atoms with van der Waals surface area (Å²) >= 11 is 0. The molecule has 0 unspecified atom stereocenters. The Kier molecular flexibility index (Phi) is 4.45. The fourth-order valence-corrected chi connectivity index (χ4v) is 2.50. The van der Waals surface area contributed by atoms with Crippen molar-refractivity contribution in [1.82, 2.24) is 5.16 Å². The lowest BCUT2D eigenvalue weighted by atomic mass is 9.87. The lowest BCUT2D eigenvalue weighted by Crippen LogP contribution is -2.14. The van der Waals surface area contributed by atoms with E-state index >= 15 is 0 Å². The fourth-order valence-electron chi connectivity index (χ4n) is 2.50. The molecular formula is C21H22N2O2. The first-order valence-corrected chi connectivity index (χ1v) is 8.28. The first kappa shape index (κ1) is 17.0. The van der Waals surface area contributed by atoms with E-state index in [4.69, 9.17) is 4.52 Å². The lowest BCUT2D eigenvalue weighted by molar-refractivity contribution is 0.102. The van der Waals surface area contributed by atoms with Gasteiger partial charge in [-0.25, -0.2) is 0 Å². The van der Waals surface area contributed by atoms with Crippen LogP contribution in [0.1, 0.15) is 42.3 Å². The lowest BCUT2D eigenvalue weighted by Gasteiger charge is -2.18. The molecule has 4 heteroatoms. The van der Waals surface area contributed by atoms with Gasteiger partial charge in [0.15, 0.2) is 0 Å². The highest BCUT2D eigenvalue weighted by Gasteiger charge is 2.15. The third-order valence-electron chi connectivity index (χ3n) is 4.11. The maximum atomic E-state index is 12.4. The van der Waals surface area contributed by atoms with Crippen molar-refractivity contribution in [3.8, 4) is 11.3 Å². The molecule has 1 amide bonds. The summed E-state index contributed by atoms with van der Waals surface area (Å²) in [5.74, 6) is 0.118. The molecular weight excluding hydrogens is 312 g/mol. The summed E-state index contributed by atoms with van der Waals surface area (Å²) < 4.78 is 5.24. The molecule has 1 aromatic heterocycles. The molecule has 0 aliphatic heterocycles. The number of hydrogen-bond donors (Lipinski definition) is 1. The van der Waals surface area contributed by atoms with Gasteiger partial charge in [0, 0.05) is 17.2 Å². The van der Waals surface area contributed by atoms with E-state index in [0.717, 1.165) is 5.56 Å². The second-order valence-corrected chi connectivity index (χ2v) is 7.22. The van der Waals surface area contributed by atoms with Gasteiger partial charge in [-0.15, -0.1) is 0 Å². The zero-order chi connectivity index (χ0) is 18.0. The number of aromatic nitrogens is 1. The van der Waals surface area contributed by atoms with Crippen molar-refractivity contribution in [2.24, 2.45) is 0 Å². The fraction of sp³-hybridized carbons (Fsp3) is 0.238. The van der Waals surface area contributed by atoms with E-state index < -0.39 is 0 Å². The summed E-state index contributed by atoms with van der Waals surface area (Å²) in [5, 5.41) is 6.77. The van der Waals surface area contributed by atoms with E-state index in [1.807, 2.05) is 55.5 Å². The van der Waals surface area contributed by atoms with Crippen molar-refractivity contribution in [3.05, 3.63) is 71.3 Å². The molecule has 4 nitrogen and oxygen atoms in total. The van der Waals surface area contributed by atoms with Gasteiger partial charge in [-0.05, 0) is 30.0 Å². The van der Waals surface area contributed by atoms with E-state index in [1.165, 1.54) is 11.1 Å². The summed E-state index contributed by atoms with van der Waals surface area (Å²) in [6.45, 7) is 8.46. The Morgan fingerprint density at radius 3 is 2.24 bits per heavy atom. The van der Waals surface area contributed by atoms with Crippen molar-refractivity contribution in [2.45, 2.75) is 33.1 Å². The number of amides is 1. The van der Waals surface area contributed by atoms with Gasteiger partial charge in [0.05, 0.1) is 0 Å². The zero-order valence-corrected chi connectivity index (χ0v) is 15.0. The Balaban J connectivity index is 1.72. The molecule has 0 atom stereocenters. The van der Waals surface area contributed by atoms with Crippen LogP contribution in [0.15, 0.2) is 59.1 Å². The molecule has 0 radical (unpaired) electrons. The van der Waals surface area contributed by atoms with Crippen molar-refractivity contribution in [3.63, 3.8) is 0 Å². The van der Waals surface area contributed by atoms with Gasteiger partial charge >= 0.3 is 0 Å². The maximum Gasteiger partial charge on any atom is 0.258 e. The normalized spacial score (nSPS) is 11.4. The quantitative estimate of drug-likeness (QED) is 0.716. The third-order valence-corrected chi connectivity index (χ3v) is 4.11. The van der Waals surface area contributed by atoms with Crippen LogP contribution >= 0.6 is 0 Å². The molecule has 0 fully saturated rings. The average molecular weight is 334 g/mol. The number of carbonyl (C=O) groups excluding carboxylic acids is 1. The second kappa shape index (κ2) is 6.55. The molecule has 2 aromatic carbocycles. The number of benzene rings is 2. The van der Waals surface area contributed by atoms with Gasteiger partial charge in [0.1, 0.15) is 5.69 Å². The molecule has 0 saturated heterocycles. The molecule has 0 spiro atoms. The van der Waals surface area contributed by atoms with Crippen molar-refractivity contribution in [2.75, 3.05) is 5.32 Å². The van der Waals surface area contributed by atoms with Crippen LogP contribution in [0.4, 0.5) is 5.88 Å². The van der Waals surface area contributed by atoms with E-state index in [9.17, 15) is 4.79 Å². The molecule has 0 aliphatic carbocycles. The average Bonchev–Trinajstić information content (AvgIpc) is 3.03. The van der Waals surface area contributed by atoms with Crippen LogP contribution in [0.25, 0.3) is 11.3 Å². The summed E-state index contributed by atoms with van der Waals surface area (Å²) in [6.07, 6.45) is 0. The summed E-state index contributed by atoms with van der Waals surface area (Å²) in [7, 11) is 0. The SMILES string of the molecule is Cc1ccc(-c2cc(NC(=O)c3ccc(C(C)(C)C)cc3)on2)cc1. The van der Waals surface area contributed by atoms with E-state index in [0.29, 0.717) is 17.1 Å². The highest BCUT2D eigenvalue weighted by molar-refractivity contribution is 6.03. The Morgan fingerprint density at radius 1 is 1.00 bits per heavy atom. The standard InChI is InChI=1S/C21H22N2O2/c1-14-5-7-15(8-6-14)18-13-19(25-23-18)22-20(24)16-9-11-17(12-10-16)21(2,3)4/h5-13H,1-4H3,(H,22,24). The van der Waals surface area contributed by atoms with Crippen LogP contribution in [-0.4, -0.2) is 11.1 Å². The maximum absolute atomic E-state index is 12.4. The number of aryl methyl sites for hydroxylation is 1. The Hall–Kier alpha value is -2.88. The van der Waals surface area contributed by atoms with Crippen molar-refractivity contribution >= 4 is 11.8 Å². The molecule has 3 aromatic rings. The van der Waals surface area contributed by atoms with Crippen LogP contribution in [0.2, 0.25) is 0 Å². The van der Waals surface area contributed by atoms with Gasteiger partial charge in [-0.1, -0.05) is 67.9 Å². The number of carbonyl (C=O) groups is 1. The summed E-state index contributed by atoms with van der Waals surface area (Å²) in [5.41, 5.74) is 4.65. The molecule has 0 saturated carbocycles. The topological polar surface area (TPSA) is 55.1 Å². The van der Waals surface area contributed by atoms with Crippen LogP contribution in [0.5, 0.6) is 0 Å². The number of hydrogen-bond acceptors (Lipinski definition) is 3. The smallest absolute Gasteiger partial charge is 0.258 e. The van der Waals surface area contributed by atoms with Crippen molar-refractivity contribution in [1.29, 1.82) is 0 Å². The minimum Gasteiger partial charge on any atom is -0.338 e. The molecule has 1 heterocycles. The largest absolute Gasteiger partial charge is 0.338 e. The number of nitrogens with one attached hydrogen (secondary N) is 1. The molecule has 0 bridgehead atoms. The predicted molar refractivity (Wildman–Crippen MR) is 99.8 cm³/mol. The molecule has 0 aliphatic rings. The van der Waals surface area contributed by atoms with Crippen LogP contribution < -0.4 is 5.32 Å². The monoisotopic (exact) mass is 334 g/mol. The Bertz CT molecular complexity index is 870. The van der Waals surface area contributed by atoms with Crippen molar-refractivity contribution < 1.29 is 9.32 Å². The molecule has 3 rings (SSSR count). The van der Waals surface area contributed by atoms with Gasteiger partial charge < -0.3 is 4.52 Å². The Labute approximate surface area is 147 Å². The molecule has 1 N–H and O–H groups in total. The van der Waals surface area contributed by atoms with Crippen LogP contribution in [0.3, 0.4) is 0 Å². The second-order valence-electron chi connectivity index (χ2n) is 7.22. The van der Waals surface area contributed by atoms with Gasteiger partial charge in [0.25, 0.3) is 5.91 Å². The van der Waals surface area contributed by atoms with E-state index in [1.54, 1.807) is 6.07 Å². The first-order valence-electron chi connectivity index (χ1n) is 8.28. The zero-order valence-electron chi connectivity index (χ0n) is 15.0. The summed E-state index contributed by atoms with van der Waals surface area (Å²) in [6, 6.07) is 17.3. The minimum atomic E-state index is -0.216. The summed E-state index contributed by atoms with van der Waals surface area (Å²) in [4.78, 5) is 12.4. The molecule has 25 heavy (non-hydrogen) atoms.